The summed E-state index contributed by atoms with van der Waals surface area (Å²) >= 11 is 6.12. The predicted molar refractivity (Wildman–Crippen MR) is 81.0 cm³/mol. The quantitative estimate of drug-likeness (QED) is 0.833. The van der Waals surface area contributed by atoms with Crippen LogP contribution in [-0.4, -0.2) is 15.8 Å². The maximum atomic E-state index is 12.0. The van der Waals surface area contributed by atoms with E-state index in [-0.39, 0.29) is 16.6 Å². The van der Waals surface area contributed by atoms with Gasteiger partial charge in [-0.2, -0.15) is 5.10 Å². The Labute approximate surface area is 120 Å². The molecule has 1 N–H and O–H groups in total. The first kappa shape index (κ1) is 16.0. The minimum Gasteiger partial charge on any atom is -0.380 e. The highest BCUT2D eigenvalue weighted by Gasteiger charge is 2.12. The van der Waals surface area contributed by atoms with Gasteiger partial charge in [0, 0.05) is 12.6 Å². The van der Waals surface area contributed by atoms with E-state index in [1.54, 1.807) is 6.20 Å². The molecule has 1 aromatic heterocycles. The van der Waals surface area contributed by atoms with Crippen LogP contribution in [0.2, 0.25) is 5.02 Å². The fourth-order valence-electron chi connectivity index (χ4n) is 2.06. The fourth-order valence-corrected chi connectivity index (χ4v) is 2.27. The van der Waals surface area contributed by atoms with Crippen LogP contribution in [0.15, 0.2) is 11.0 Å². The summed E-state index contributed by atoms with van der Waals surface area (Å²) in [6.07, 6.45) is 4.63. The van der Waals surface area contributed by atoms with Crippen LogP contribution < -0.4 is 10.9 Å². The third-order valence-electron chi connectivity index (χ3n) is 2.94. The molecule has 0 aliphatic rings. The number of halogens is 1. The summed E-state index contributed by atoms with van der Waals surface area (Å²) in [6.45, 7) is 9.12. The van der Waals surface area contributed by atoms with Crippen molar-refractivity contribution in [3.63, 3.8) is 0 Å². The minimum absolute atomic E-state index is 0.211. The molecule has 0 radical (unpaired) electrons. The molecule has 0 amide bonds. The molecule has 0 spiro atoms. The highest BCUT2D eigenvalue weighted by atomic mass is 35.5. The molecule has 1 atom stereocenters. The number of aromatic nitrogens is 2. The molecule has 0 aromatic carbocycles. The SMILES string of the molecule is CCCCn1ncc(NC(C)CC(C)C)c(Cl)c1=O. The van der Waals surface area contributed by atoms with Gasteiger partial charge in [-0.1, -0.05) is 38.8 Å². The molecule has 5 heteroatoms. The van der Waals surface area contributed by atoms with Gasteiger partial charge in [0.2, 0.25) is 0 Å². The van der Waals surface area contributed by atoms with Gasteiger partial charge in [0.1, 0.15) is 5.02 Å². The number of nitrogens with zero attached hydrogens (tertiary/aromatic N) is 2. The van der Waals surface area contributed by atoms with E-state index in [2.05, 4.69) is 38.1 Å². The van der Waals surface area contributed by atoms with E-state index in [9.17, 15) is 4.79 Å². The van der Waals surface area contributed by atoms with Gasteiger partial charge in [-0.3, -0.25) is 4.79 Å². The number of hydrogen-bond acceptors (Lipinski definition) is 3. The van der Waals surface area contributed by atoms with Crippen LogP contribution in [0.3, 0.4) is 0 Å². The average Bonchev–Trinajstić information content (AvgIpc) is 2.33. The monoisotopic (exact) mass is 285 g/mol. The van der Waals surface area contributed by atoms with Crippen LogP contribution in [0.5, 0.6) is 0 Å². The first-order valence-corrected chi connectivity index (χ1v) is 7.35. The Morgan fingerprint density at radius 1 is 1.42 bits per heavy atom. The highest BCUT2D eigenvalue weighted by molar-refractivity contribution is 6.32. The third-order valence-corrected chi connectivity index (χ3v) is 3.30. The number of hydrogen-bond donors (Lipinski definition) is 1. The maximum Gasteiger partial charge on any atom is 0.287 e. The molecule has 0 aliphatic heterocycles. The van der Waals surface area contributed by atoms with Crippen LogP contribution in [0, 0.1) is 5.92 Å². The number of anilines is 1. The van der Waals surface area contributed by atoms with E-state index < -0.39 is 0 Å². The molecule has 0 saturated carbocycles. The molecule has 1 unspecified atom stereocenters. The lowest BCUT2D eigenvalue weighted by Crippen LogP contribution is -2.26. The maximum absolute atomic E-state index is 12.0. The lowest BCUT2D eigenvalue weighted by molar-refractivity contribution is 0.533. The largest absolute Gasteiger partial charge is 0.380 e. The van der Waals surface area contributed by atoms with Gasteiger partial charge in [-0.25, -0.2) is 4.68 Å². The Bertz CT molecular complexity index is 456. The zero-order valence-electron chi connectivity index (χ0n) is 12.2. The summed E-state index contributed by atoms with van der Waals surface area (Å²) in [5.74, 6) is 0.596. The summed E-state index contributed by atoms with van der Waals surface area (Å²) in [6, 6.07) is 0.269. The normalized spacial score (nSPS) is 12.7. The van der Waals surface area contributed by atoms with Crippen molar-refractivity contribution in [3.8, 4) is 0 Å². The lowest BCUT2D eigenvalue weighted by atomic mass is 10.1. The minimum atomic E-state index is -0.211. The standard InChI is InChI=1S/C14H24ClN3O/c1-5-6-7-18-14(19)13(15)12(9-16-18)17-11(4)8-10(2)3/h9-11,17H,5-8H2,1-4H3. The van der Waals surface area contributed by atoms with Gasteiger partial charge >= 0.3 is 0 Å². The Kier molecular flexibility index (Phi) is 6.35. The summed E-state index contributed by atoms with van der Waals surface area (Å²) in [7, 11) is 0. The zero-order chi connectivity index (χ0) is 14.4. The van der Waals surface area contributed by atoms with Crippen molar-refractivity contribution in [1.82, 2.24) is 9.78 Å². The zero-order valence-corrected chi connectivity index (χ0v) is 13.0. The van der Waals surface area contributed by atoms with Crippen molar-refractivity contribution in [1.29, 1.82) is 0 Å². The molecule has 0 aliphatic carbocycles. The molecular weight excluding hydrogens is 262 g/mol. The van der Waals surface area contributed by atoms with Gasteiger partial charge < -0.3 is 5.32 Å². The Morgan fingerprint density at radius 3 is 2.68 bits per heavy atom. The van der Waals surface area contributed by atoms with E-state index in [1.165, 1.54) is 4.68 Å². The molecule has 4 nitrogen and oxygen atoms in total. The summed E-state index contributed by atoms with van der Waals surface area (Å²) in [5.41, 5.74) is 0.421. The van der Waals surface area contributed by atoms with Gasteiger partial charge in [0.15, 0.2) is 0 Å². The smallest absolute Gasteiger partial charge is 0.287 e. The molecule has 1 heterocycles. The number of aryl methyl sites for hydroxylation is 1. The first-order chi connectivity index (χ1) is 8.95. The van der Waals surface area contributed by atoms with Crippen molar-refractivity contribution in [2.45, 2.75) is 59.5 Å². The van der Waals surface area contributed by atoms with Crippen LogP contribution >= 0.6 is 11.6 Å². The van der Waals surface area contributed by atoms with Crippen LogP contribution in [0.4, 0.5) is 5.69 Å². The first-order valence-electron chi connectivity index (χ1n) is 6.97. The molecule has 1 rings (SSSR count). The van der Waals surface area contributed by atoms with Crippen molar-refractivity contribution >= 4 is 17.3 Å². The number of nitrogens with one attached hydrogen (secondary N) is 1. The lowest BCUT2D eigenvalue weighted by Gasteiger charge is -2.18. The van der Waals surface area contributed by atoms with Crippen molar-refractivity contribution in [2.75, 3.05) is 5.32 Å². The van der Waals surface area contributed by atoms with E-state index >= 15 is 0 Å². The number of rotatable bonds is 7. The molecule has 1 aromatic rings. The van der Waals surface area contributed by atoms with Gasteiger partial charge in [-0.15, -0.1) is 0 Å². The van der Waals surface area contributed by atoms with Crippen molar-refractivity contribution < 1.29 is 0 Å². The van der Waals surface area contributed by atoms with E-state index in [0.29, 0.717) is 18.2 Å². The van der Waals surface area contributed by atoms with Crippen LogP contribution in [-0.2, 0) is 6.54 Å². The third kappa shape index (κ3) is 4.86. The average molecular weight is 286 g/mol. The molecule has 108 valence electrons. The Balaban J connectivity index is 2.81. The van der Waals surface area contributed by atoms with Gasteiger partial charge in [0.05, 0.1) is 11.9 Å². The second-order valence-electron chi connectivity index (χ2n) is 5.43. The summed E-state index contributed by atoms with van der Waals surface area (Å²) in [5, 5.41) is 7.66. The summed E-state index contributed by atoms with van der Waals surface area (Å²) < 4.78 is 1.43. The molecule has 0 fully saturated rings. The second kappa shape index (κ2) is 7.53. The highest BCUT2D eigenvalue weighted by Crippen LogP contribution is 2.18. The second-order valence-corrected chi connectivity index (χ2v) is 5.81. The fraction of sp³-hybridized carbons (Fsp3) is 0.714. The predicted octanol–water partition coefficient (Wildman–Crippen LogP) is 3.54. The molecule has 19 heavy (non-hydrogen) atoms. The summed E-state index contributed by atoms with van der Waals surface area (Å²) in [4.78, 5) is 12.0. The van der Waals surface area contributed by atoms with Gasteiger partial charge in [0.25, 0.3) is 5.56 Å². The molecular formula is C14H24ClN3O. The van der Waals surface area contributed by atoms with Gasteiger partial charge in [-0.05, 0) is 25.7 Å². The molecule has 0 saturated heterocycles. The van der Waals surface area contributed by atoms with E-state index in [0.717, 1.165) is 19.3 Å². The van der Waals surface area contributed by atoms with E-state index in [1.807, 2.05) is 0 Å². The number of unbranched alkanes of at least 4 members (excludes halogenated alkanes) is 1. The van der Waals surface area contributed by atoms with Crippen molar-refractivity contribution in [2.24, 2.45) is 5.92 Å². The molecule has 0 bridgehead atoms. The van der Waals surface area contributed by atoms with Crippen LogP contribution in [0.1, 0.15) is 47.0 Å². The van der Waals surface area contributed by atoms with Crippen molar-refractivity contribution in [3.05, 3.63) is 21.6 Å². The topological polar surface area (TPSA) is 46.9 Å². The Morgan fingerprint density at radius 2 is 2.11 bits per heavy atom. The van der Waals surface area contributed by atoms with E-state index in [4.69, 9.17) is 11.6 Å². The Hall–Kier alpha value is -1.03. The van der Waals surface area contributed by atoms with Crippen LogP contribution in [0.25, 0.3) is 0 Å².